The molecule has 1 aliphatic rings. The van der Waals surface area contributed by atoms with E-state index in [-0.39, 0.29) is 5.91 Å². The summed E-state index contributed by atoms with van der Waals surface area (Å²) in [6.45, 7) is 0. The maximum Gasteiger partial charge on any atom is 0.245 e. The third kappa shape index (κ3) is 1.88. The zero-order valence-corrected chi connectivity index (χ0v) is 5.85. The van der Waals surface area contributed by atoms with Crippen LogP contribution in [-0.2, 0) is 4.79 Å². The van der Waals surface area contributed by atoms with Crippen molar-refractivity contribution in [3.63, 3.8) is 0 Å². The number of likely N-dealkylation sites (N-methyl/N-ethyl adjacent to an activating group) is 1. The molecular weight excluding hydrogens is 114 g/mol. The molecule has 0 bridgehead atoms. The smallest absolute Gasteiger partial charge is 0.245 e. The van der Waals surface area contributed by atoms with Crippen LogP contribution in [0.1, 0.15) is 12.8 Å². The molecule has 0 aromatic rings. The molecule has 0 spiro atoms. The van der Waals surface area contributed by atoms with E-state index in [1.54, 1.807) is 25.1 Å². The lowest BCUT2D eigenvalue weighted by atomic mass is 10.4. The first-order valence-corrected chi connectivity index (χ1v) is 3.11. The third-order valence-electron chi connectivity index (χ3n) is 1.31. The van der Waals surface area contributed by atoms with Crippen LogP contribution in [0.25, 0.3) is 0 Å². The van der Waals surface area contributed by atoms with Gasteiger partial charge in [-0.25, -0.2) is 0 Å². The van der Waals surface area contributed by atoms with Crippen LogP contribution >= 0.6 is 0 Å². The summed E-state index contributed by atoms with van der Waals surface area (Å²) >= 11 is 0. The summed E-state index contributed by atoms with van der Waals surface area (Å²) in [5.74, 6) is 0.113. The lowest BCUT2D eigenvalue weighted by Gasteiger charge is -2.04. The zero-order chi connectivity index (χ0) is 6.85. The average Bonchev–Trinajstić information content (AvgIpc) is 2.50. The Labute approximate surface area is 55.2 Å². The molecule has 0 aromatic carbocycles. The molecule has 2 heteroatoms. The normalized spacial score (nSPS) is 15.1. The Morgan fingerprint density at radius 2 is 2.11 bits per heavy atom. The van der Waals surface area contributed by atoms with E-state index in [2.05, 4.69) is 0 Å². The van der Waals surface area contributed by atoms with Gasteiger partial charge in [0.25, 0.3) is 0 Å². The Morgan fingerprint density at radius 1 is 1.56 bits per heavy atom. The molecule has 0 atom stereocenters. The fourth-order valence-corrected chi connectivity index (χ4v) is 0.520. The Hall–Kier alpha value is -0.790. The van der Waals surface area contributed by atoms with Gasteiger partial charge in [0.2, 0.25) is 5.91 Å². The molecule has 0 aliphatic heterocycles. The maximum absolute atomic E-state index is 10.8. The SMILES string of the molecule is CN(C)C(=O)C=C1CC1. The number of carbonyl (C=O) groups is 1. The summed E-state index contributed by atoms with van der Waals surface area (Å²) in [5, 5.41) is 0. The van der Waals surface area contributed by atoms with Gasteiger partial charge in [0.15, 0.2) is 0 Å². The number of allylic oxidation sites excluding steroid dienone is 1. The van der Waals surface area contributed by atoms with Gasteiger partial charge >= 0.3 is 0 Å². The number of carbonyl (C=O) groups excluding carboxylic acids is 1. The quantitative estimate of drug-likeness (QED) is 0.474. The highest BCUT2D eigenvalue weighted by atomic mass is 16.2. The zero-order valence-electron chi connectivity index (χ0n) is 5.85. The van der Waals surface area contributed by atoms with Crippen LogP contribution in [0, 0.1) is 0 Å². The summed E-state index contributed by atoms with van der Waals surface area (Å²) in [6, 6.07) is 0. The number of hydrogen-bond donors (Lipinski definition) is 0. The van der Waals surface area contributed by atoms with Gasteiger partial charge in [0.1, 0.15) is 0 Å². The molecule has 0 unspecified atom stereocenters. The number of rotatable bonds is 1. The summed E-state index contributed by atoms with van der Waals surface area (Å²) in [6.07, 6.45) is 3.97. The second kappa shape index (κ2) is 2.21. The van der Waals surface area contributed by atoms with Crippen molar-refractivity contribution in [3.8, 4) is 0 Å². The molecule has 0 aromatic heterocycles. The minimum absolute atomic E-state index is 0.113. The fraction of sp³-hybridized carbons (Fsp3) is 0.571. The highest BCUT2D eigenvalue weighted by molar-refractivity contribution is 5.88. The van der Waals surface area contributed by atoms with Crippen LogP contribution in [0.2, 0.25) is 0 Å². The Balaban J connectivity index is 2.43. The number of amides is 1. The molecule has 1 saturated carbocycles. The van der Waals surface area contributed by atoms with Crippen LogP contribution in [0.4, 0.5) is 0 Å². The van der Waals surface area contributed by atoms with Crippen molar-refractivity contribution in [1.82, 2.24) is 4.90 Å². The summed E-state index contributed by atoms with van der Waals surface area (Å²) in [4.78, 5) is 12.4. The van der Waals surface area contributed by atoms with Gasteiger partial charge in [-0.1, -0.05) is 5.57 Å². The molecule has 1 rings (SSSR count). The second-order valence-electron chi connectivity index (χ2n) is 2.54. The van der Waals surface area contributed by atoms with Crippen molar-refractivity contribution < 1.29 is 4.79 Å². The molecule has 0 saturated heterocycles. The maximum atomic E-state index is 10.8. The Bertz CT molecular complexity index is 152. The first-order valence-electron chi connectivity index (χ1n) is 3.11. The predicted octanol–water partition coefficient (Wildman–Crippen LogP) is 0.795. The lowest BCUT2D eigenvalue weighted by molar-refractivity contribution is -0.123. The van der Waals surface area contributed by atoms with E-state index < -0.39 is 0 Å². The van der Waals surface area contributed by atoms with Gasteiger partial charge in [-0.2, -0.15) is 0 Å². The summed E-state index contributed by atoms with van der Waals surface area (Å²) in [7, 11) is 3.53. The second-order valence-corrected chi connectivity index (χ2v) is 2.54. The molecule has 0 radical (unpaired) electrons. The summed E-state index contributed by atoms with van der Waals surface area (Å²) < 4.78 is 0. The summed E-state index contributed by atoms with van der Waals surface area (Å²) in [5.41, 5.74) is 1.29. The molecule has 9 heavy (non-hydrogen) atoms. The standard InChI is InChI=1S/C7H11NO/c1-8(2)7(9)5-6-3-4-6/h5H,3-4H2,1-2H3. The van der Waals surface area contributed by atoms with Crippen molar-refractivity contribution in [2.75, 3.05) is 14.1 Å². The monoisotopic (exact) mass is 125 g/mol. The van der Waals surface area contributed by atoms with E-state index in [0.29, 0.717) is 0 Å². The highest BCUT2D eigenvalue weighted by Gasteiger charge is 2.12. The van der Waals surface area contributed by atoms with E-state index in [4.69, 9.17) is 0 Å². The highest BCUT2D eigenvalue weighted by Crippen LogP contribution is 2.27. The van der Waals surface area contributed by atoms with E-state index in [9.17, 15) is 4.79 Å². The first-order chi connectivity index (χ1) is 4.20. The van der Waals surface area contributed by atoms with E-state index >= 15 is 0 Å². The van der Waals surface area contributed by atoms with Crippen molar-refractivity contribution >= 4 is 5.91 Å². The van der Waals surface area contributed by atoms with Gasteiger partial charge in [0, 0.05) is 20.2 Å². The van der Waals surface area contributed by atoms with Gasteiger partial charge in [-0.15, -0.1) is 0 Å². The fourth-order valence-electron chi connectivity index (χ4n) is 0.520. The average molecular weight is 125 g/mol. The molecule has 50 valence electrons. The molecule has 1 fully saturated rings. The molecule has 1 amide bonds. The van der Waals surface area contributed by atoms with E-state index in [1.807, 2.05) is 0 Å². The molecule has 1 aliphatic carbocycles. The minimum atomic E-state index is 0.113. The molecule has 0 heterocycles. The van der Waals surface area contributed by atoms with Gasteiger partial charge in [0.05, 0.1) is 0 Å². The van der Waals surface area contributed by atoms with Crippen molar-refractivity contribution in [2.24, 2.45) is 0 Å². The van der Waals surface area contributed by atoms with Crippen molar-refractivity contribution in [3.05, 3.63) is 11.6 Å². The predicted molar refractivity (Wildman–Crippen MR) is 36.0 cm³/mol. The largest absolute Gasteiger partial charge is 0.345 e. The number of nitrogens with zero attached hydrogens (tertiary/aromatic N) is 1. The van der Waals surface area contributed by atoms with Gasteiger partial charge in [-0.3, -0.25) is 4.79 Å². The Morgan fingerprint density at radius 3 is 2.44 bits per heavy atom. The molecule has 0 N–H and O–H groups in total. The van der Waals surface area contributed by atoms with Crippen molar-refractivity contribution in [2.45, 2.75) is 12.8 Å². The Kier molecular flexibility index (Phi) is 1.56. The first kappa shape index (κ1) is 6.33. The molecular formula is C7H11NO. The van der Waals surface area contributed by atoms with Crippen LogP contribution < -0.4 is 0 Å². The van der Waals surface area contributed by atoms with E-state index in [1.165, 1.54) is 5.57 Å². The van der Waals surface area contributed by atoms with Crippen molar-refractivity contribution in [1.29, 1.82) is 0 Å². The van der Waals surface area contributed by atoms with Crippen LogP contribution in [0.5, 0.6) is 0 Å². The van der Waals surface area contributed by atoms with E-state index in [0.717, 1.165) is 12.8 Å². The van der Waals surface area contributed by atoms with Crippen LogP contribution in [-0.4, -0.2) is 24.9 Å². The van der Waals surface area contributed by atoms with Crippen LogP contribution in [0.15, 0.2) is 11.6 Å². The van der Waals surface area contributed by atoms with Crippen LogP contribution in [0.3, 0.4) is 0 Å². The van der Waals surface area contributed by atoms with Gasteiger partial charge in [-0.05, 0) is 12.8 Å². The van der Waals surface area contributed by atoms with Gasteiger partial charge < -0.3 is 4.90 Å². The minimum Gasteiger partial charge on any atom is -0.345 e. The lowest BCUT2D eigenvalue weighted by Crippen LogP contribution is -2.18. The topological polar surface area (TPSA) is 20.3 Å². The molecule has 2 nitrogen and oxygen atoms in total. The number of hydrogen-bond acceptors (Lipinski definition) is 1. The third-order valence-corrected chi connectivity index (χ3v) is 1.31.